The summed E-state index contributed by atoms with van der Waals surface area (Å²) in [6.45, 7) is 4.22. The third-order valence-electron chi connectivity index (χ3n) is 3.67. The molecule has 1 unspecified atom stereocenters. The molecule has 0 bridgehead atoms. The molecule has 0 radical (unpaired) electrons. The molecular weight excluding hydrogens is 254 g/mol. The van der Waals surface area contributed by atoms with Crippen LogP contribution in [-0.4, -0.2) is 17.0 Å². The molecule has 0 aromatic heterocycles. The van der Waals surface area contributed by atoms with Gasteiger partial charge in [-0.1, -0.05) is 44.2 Å². The molecule has 4 heteroatoms. The first-order chi connectivity index (χ1) is 9.49. The number of hydrogen-bond donors (Lipinski definition) is 2. The van der Waals surface area contributed by atoms with Gasteiger partial charge in [-0.25, -0.2) is 0 Å². The lowest BCUT2D eigenvalue weighted by molar-refractivity contribution is -0.140. The van der Waals surface area contributed by atoms with Crippen LogP contribution in [0.5, 0.6) is 0 Å². The lowest BCUT2D eigenvalue weighted by Gasteiger charge is -2.21. The molecule has 0 aliphatic heterocycles. The van der Waals surface area contributed by atoms with Crippen LogP contribution in [0.2, 0.25) is 0 Å². The maximum atomic E-state index is 12.1. The largest absolute Gasteiger partial charge is 0.481 e. The molecule has 1 saturated carbocycles. The van der Waals surface area contributed by atoms with Gasteiger partial charge in [0.1, 0.15) is 0 Å². The van der Waals surface area contributed by atoms with Gasteiger partial charge >= 0.3 is 5.97 Å². The van der Waals surface area contributed by atoms with E-state index in [9.17, 15) is 9.59 Å². The van der Waals surface area contributed by atoms with Crippen molar-refractivity contribution in [2.45, 2.75) is 32.7 Å². The third-order valence-corrected chi connectivity index (χ3v) is 3.67. The van der Waals surface area contributed by atoms with Crippen molar-refractivity contribution in [2.75, 3.05) is 0 Å². The Balaban J connectivity index is 2.02. The van der Waals surface area contributed by atoms with Crippen molar-refractivity contribution in [2.24, 2.45) is 17.8 Å². The number of carboxylic acid groups (broad SMARTS) is 1. The summed E-state index contributed by atoms with van der Waals surface area (Å²) < 4.78 is 0. The number of carbonyl (C=O) groups excluding carboxylic acids is 1. The monoisotopic (exact) mass is 275 g/mol. The Hall–Kier alpha value is -1.84. The number of amides is 1. The fraction of sp³-hybridized carbons (Fsp3) is 0.500. The second kappa shape index (κ2) is 6.07. The standard InChI is InChI=1S/C16H21NO3/c1-10(2)8-14(11-6-4-3-5-7-11)17-15(18)12-9-13(12)16(19)20/h3-7,10,12-14H,8-9H2,1-2H3,(H,17,18)(H,19,20)/t12-,13+,14?/m1/s1. The molecule has 108 valence electrons. The van der Waals surface area contributed by atoms with E-state index in [-0.39, 0.29) is 17.9 Å². The van der Waals surface area contributed by atoms with E-state index < -0.39 is 11.9 Å². The Morgan fingerprint density at radius 1 is 1.25 bits per heavy atom. The summed E-state index contributed by atoms with van der Waals surface area (Å²) in [5.41, 5.74) is 1.07. The van der Waals surface area contributed by atoms with Crippen LogP contribution < -0.4 is 5.32 Å². The Morgan fingerprint density at radius 2 is 1.90 bits per heavy atom. The van der Waals surface area contributed by atoms with E-state index in [1.807, 2.05) is 30.3 Å². The predicted octanol–water partition coefficient (Wildman–Crippen LogP) is 2.61. The van der Waals surface area contributed by atoms with Gasteiger partial charge in [-0.2, -0.15) is 0 Å². The van der Waals surface area contributed by atoms with E-state index in [1.54, 1.807) is 0 Å². The summed E-state index contributed by atoms with van der Waals surface area (Å²) in [5.74, 6) is -1.40. The van der Waals surface area contributed by atoms with Gasteiger partial charge in [0.15, 0.2) is 0 Å². The Bertz CT molecular complexity index is 484. The van der Waals surface area contributed by atoms with Gasteiger partial charge in [0, 0.05) is 0 Å². The van der Waals surface area contributed by atoms with Crippen molar-refractivity contribution in [3.63, 3.8) is 0 Å². The zero-order chi connectivity index (χ0) is 14.7. The predicted molar refractivity (Wildman–Crippen MR) is 76.0 cm³/mol. The molecule has 1 aliphatic carbocycles. The lowest BCUT2D eigenvalue weighted by atomic mass is 9.97. The molecule has 0 saturated heterocycles. The summed E-state index contributed by atoms with van der Waals surface area (Å²) in [4.78, 5) is 22.9. The highest BCUT2D eigenvalue weighted by Gasteiger charge is 2.48. The topological polar surface area (TPSA) is 66.4 Å². The van der Waals surface area contributed by atoms with Crippen LogP contribution in [0.1, 0.15) is 38.3 Å². The average Bonchev–Trinajstić information content (AvgIpc) is 3.19. The molecule has 0 heterocycles. The molecule has 20 heavy (non-hydrogen) atoms. The molecule has 0 spiro atoms. The van der Waals surface area contributed by atoms with Gasteiger partial charge in [-0.15, -0.1) is 0 Å². The SMILES string of the molecule is CC(C)CC(NC(=O)[C@@H]1C[C@@H]1C(=O)O)c1ccccc1. The lowest BCUT2D eigenvalue weighted by Crippen LogP contribution is -2.31. The zero-order valence-corrected chi connectivity index (χ0v) is 11.9. The van der Waals surface area contributed by atoms with E-state index in [4.69, 9.17) is 5.11 Å². The minimum absolute atomic E-state index is 0.0428. The van der Waals surface area contributed by atoms with Crippen molar-refractivity contribution in [3.05, 3.63) is 35.9 Å². The number of nitrogens with one attached hydrogen (secondary N) is 1. The third kappa shape index (κ3) is 3.59. The highest BCUT2D eigenvalue weighted by Crippen LogP contribution is 2.39. The molecule has 3 atom stereocenters. The quantitative estimate of drug-likeness (QED) is 0.838. The van der Waals surface area contributed by atoms with Gasteiger partial charge in [0.05, 0.1) is 17.9 Å². The van der Waals surface area contributed by atoms with Crippen LogP contribution in [0.3, 0.4) is 0 Å². The zero-order valence-electron chi connectivity index (χ0n) is 11.9. The highest BCUT2D eigenvalue weighted by molar-refractivity contribution is 5.89. The first-order valence-electron chi connectivity index (χ1n) is 7.07. The first kappa shape index (κ1) is 14.6. The summed E-state index contributed by atoms with van der Waals surface area (Å²) in [6, 6.07) is 9.79. The van der Waals surface area contributed by atoms with Crippen molar-refractivity contribution in [1.29, 1.82) is 0 Å². The maximum absolute atomic E-state index is 12.1. The van der Waals surface area contributed by atoms with Gasteiger partial charge in [0.2, 0.25) is 5.91 Å². The Kier molecular flexibility index (Phi) is 4.42. The first-order valence-corrected chi connectivity index (χ1v) is 7.07. The fourth-order valence-corrected chi connectivity index (χ4v) is 2.47. The number of rotatable bonds is 6. The minimum atomic E-state index is -0.870. The van der Waals surface area contributed by atoms with Crippen LogP contribution in [-0.2, 0) is 9.59 Å². The van der Waals surface area contributed by atoms with Crippen LogP contribution in [0.25, 0.3) is 0 Å². The molecular formula is C16H21NO3. The van der Waals surface area contributed by atoms with Gasteiger partial charge in [-0.05, 0) is 24.3 Å². The van der Waals surface area contributed by atoms with Crippen LogP contribution >= 0.6 is 0 Å². The summed E-state index contributed by atoms with van der Waals surface area (Å²) in [7, 11) is 0. The smallest absolute Gasteiger partial charge is 0.307 e. The summed E-state index contributed by atoms with van der Waals surface area (Å²) in [6.07, 6.45) is 1.31. The van der Waals surface area contributed by atoms with E-state index in [1.165, 1.54) is 0 Å². The molecule has 1 aliphatic rings. The molecule has 1 aromatic carbocycles. The van der Waals surface area contributed by atoms with Gasteiger partial charge in [0.25, 0.3) is 0 Å². The number of carbonyl (C=O) groups is 2. The normalized spacial score (nSPS) is 22.4. The van der Waals surface area contributed by atoms with Gasteiger partial charge in [-0.3, -0.25) is 9.59 Å². The summed E-state index contributed by atoms with van der Waals surface area (Å²) in [5, 5.41) is 11.9. The van der Waals surface area contributed by atoms with E-state index in [0.29, 0.717) is 12.3 Å². The van der Waals surface area contributed by atoms with Crippen molar-refractivity contribution in [3.8, 4) is 0 Å². The van der Waals surface area contributed by atoms with Crippen LogP contribution in [0.15, 0.2) is 30.3 Å². The van der Waals surface area contributed by atoms with Crippen LogP contribution in [0, 0.1) is 17.8 Å². The number of hydrogen-bond acceptors (Lipinski definition) is 2. The minimum Gasteiger partial charge on any atom is -0.481 e. The van der Waals surface area contributed by atoms with Crippen molar-refractivity contribution < 1.29 is 14.7 Å². The Labute approximate surface area is 119 Å². The molecule has 1 amide bonds. The molecule has 4 nitrogen and oxygen atoms in total. The van der Waals surface area contributed by atoms with E-state index >= 15 is 0 Å². The number of aliphatic carboxylic acids is 1. The second-order valence-corrected chi connectivity index (χ2v) is 5.89. The fourth-order valence-electron chi connectivity index (χ4n) is 2.47. The van der Waals surface area contributed by atoms with Gasteiger partial charge < -0.3 is 10.4 Å². The number of carboxylic acids is 1. The number of benzene rings is 1. The molecule has 1 aromatic rings. The maximum Gasteiger partial charge on any atom is 0.307 e. The second-order valence-electron chi connectivity index (χ2n) is 5.89. The molecule has 2 N–H and O–H groups in total. The summed E-state index contributed by atoms with van der Waals surface area (Å²) >= 11 is 0. The van der Waals surface area contributed by atoms with Crippen molar-refractivity contribution >= 4 is 11.9 Å². The van der Waals surface area contributed by atoms with Crippen molar-refractivity contribution in [1.82, 2.24) is 5.32 Å². The average molecular weight is 275 g/mol. The van der Waals surface area contributed by atoms with E-state index in [2.05, 4.69) is 19.2 Å². The molecule has 1 fully saturated rings. The Morgan fingerprint density at radius 3 is 2.40 bits per heavy atom. The van der Waals surface area contributed by atoms with E-state index in [0.717, 1.165) is 12.0 Å². The highest BCUT2D eigenvalue weighted by atomic mass is 16.4. The molecule has 2 rings (SSSR count). The van der Waals surface area contributed by atoms with Crippen LogP contribution in [0.4, 0.5) is 0 Å².